The molecule has 44 heavy (non-hydrogen) atoms. The molecule has 5 N–H and O–H groups in total. The van der Waals surface area contributed by atoms with Gasteiger partial charge in [-0.3, -0.25) is 19.9 Å². The summed E-state index contributed by atoms with van der Waals surface area (Å²) in [6.45, 7) is 1.96. The summed E-state index contributed by atoms with van der Waals surface area (Å²) in [5.74, 6) is -3.11. The Morgan fingerprint density at radius 2 is 1.70 bits per heavy atom. The van der Waals surface area contributed by atoms with Crippen LogP contribution >= 0.6 is 7.72 Å². The number of benzene rings is 2. The smallest absolute Gasteiger partial charge is 0.410 e. The van der Waals surface area contributed by atoms with Gasteiger partial charge in [0.2, 0.25) is 17.6 Å². The maximum atomic E-state index is 12.9. The van der Waals surface area contributed by atoms with E-state index in [2.05, 4.69) is 15.6 Å². The molecule has 0 bridgehead atoms. The summed E-state index contributed by atoms with van der Waals surface area (Å²) < 4.78 is 5.29. The summed E-state index contributed by atoms with van der Waals surface area (Å²) in [6.07, 6.45) is 3.04. The second kappa shape index (κ2) is 17.4. The minimum Gasteiger partial charge on any atom is -0.480 e. The van der Waals surface area contributed by atoms with Crippen molar-refractivity contribution >= 4 is 37.8 Å². The van der Waals surface area contributed by atoms with Crippen molar-refractivity contribution in [3.63, 3.8) is 0 Å². The number of aliphatic carboxylic acids is 1. The Hall–Kier alpha value is -3.86. The molecule has 1 heterocycles. The number of aliphatic imine (C=N–C) groups is 1. The minimum absolute atomic E-state index is 0.0157. The van der Waals surface area contributed by atoms with E-state index in [1.54, 1.807) is 24.3 Å². The Balaban J connectivity index is 1.58. The van der Waals surface area contributed by atoms with E-state index < -0.39 is 49.5 Å². The van der Waals surface area contributed by atoms with Crippen LogP contribution in [0, 0.1) is 0 Å². The van der Waals surface area contributed by atoms with Crippen LogP contribution in [-0.4, -0.2) is 87.0 Å². The number of ether oxygens (including phenoxy) is 1. The second-order valence-corrected chi connectivity index (χ2v) is 13.3. The molecule has 3 rings (SSSR count). The first kappa shape index (κ1) is 34.6. The maximum absolute atomic E-state index is 12.9. The zero-order valence-electron chi connectivity index (χ0n) is 24.9. The number of amides is 3. The summed E-state index contributed by atoms with van der Waals surface area (Å²) in [5, 5.41) is 14.6. The van der Waals surface area contributed by atoms with E-state index in [9.17, 15) is 34.1 Å². The van der Waals surface area contributed by atoms with Gasteiger partial charge in [0.15, 0.2) is 0 Å². The predicted octanol–water partition coefficient (Wildman–Crippen LogP) is 3.14. The first-order valence-corrected chi connectivity index (χ1v) is 16.7. The standard InChI is InChI=1S/C31H41N4O8P/c1-2-3-15-25(30(38)39)33-29(37)26-16-10-18-35(26)28(36)21-32-17-19-44(41,42)27(20-23-11-6-4-7-12-23)34-31(40)43-22-24-13-8-5-9-14-24/h4-9,11-14,17,25-27,41-42H,2-3,10,15-16,18-22H2,1H3,(H2-,33,34,37,38,39,40)/p+1/t25-,26-,27-/m0/s1. The average Bonchev–Trinajstić information content (AvgIpc) is 3.51. The Morgan fingerprint density at radius 3 is 2.34 bits per heavy atom. The number of carboxylic acid groups (broad SMARTS) is 1. The van der Waals surface area contributed by atoms with Gasteiger partial charge in [0, 0.05) is 19.2 Å². The van der Waals surface area contributed by atoms with Crippen molar-refractivity contribution in [2.45, 2.75) is 69.9 Å². The Bertz CT molecular complexity index is 1260. The third kappa shape index (κ3) is 11.0. The molecule has 1 aliphatic rings. The van der Waals surface area contributed by atoms with E-state index in [0.29, 0.717) is 32.2 Å². The van der Waals surface area contributed by atoms with Crippen molar-refractivity contribution < 1.29 is 38.8 Å². The number of rotatable bonds is 16. The van der Waals surface area contributed by atoms with Crippen LogP contribution in [0.1, 0.15) is 50.2 Å². The van der Waals surface area contributed by atoms with E-state index >= 15 is 0 Å². The van der Waals surface area contributed by atoms with E-state index in [1.807, 2.05) is 43.3 Å². The lowest BCUT2D eigenvalue weighted by Crippen LogP contribution is -2.51. The Labute approximate surface area is 258 Å². The number of likely N-dealkylation sites (tertiary alicyclic amines) is 1. The van der Waals surface area contributed by atoms with E-state index in [1.165, 1.54) is 11.1 Å². The molecule has 2 aromatic rings. The van der Waals surface area contributed by atoms with E-state index in [-0.39, 0.29) is 25.7 Å². The highest BCUT2D eigenvalue weighted by Gasteiger charge is 2.44. The van der Waals surface area contributed by atoms with Crippen LogP contribution in [0.25, 0.3) is 0 Å². The fraction of sp³-hybridized carbons (Fsp3) is 0.452. The first-order valence-electron chi connectivity index (χ1n) is 14.8. The molecule has 1 fully saturated rings. The predicted molar refractivity (Wildman–Crippen MR) is 167 cm³/mol. The molecule has 238 valence electrons. The monoisotopic (exact) mass is 629 g/mol. The van der Waals surface area contributed by atoms with Gasteiger partial charge in [0.05, 0.1) is 0 Å². The number of alkyl carbamates (subject to hydrolysis) is 1. The highest BCUT2D eigenvalue weighted by Crippen LogP contribution is 2.54. The summed E-state index contributed by atoms with van der Waals surface area (Å²) in [5.41, 5.74) is 1.56. The molecular formula is C31H42N4O8P+. The van der Waals surface area contributed by atoms with Crippen molar-refractivity contribution in [3.8, 4) is 0 Å². The van der Waals surface area contributed by atoms with Gasteiger partial charge in [-0.25, -0.2) is 19.4 Å². The number of carbonyl (C=O) groups is 4. The number of hydrogen-bond donors (Lipinski definition) is 5. The van der Waals surface area contributed by atoms with Crippen molar-refractivity contribution in [1.82, 2.24) is 15.5 Å². The number of unbranched alkanes of at least 4 members (excludes halogenated alkanes) is 1. The van der Waals surface area contributed by atoms with Crippen LogP contribution in [0.15, 0.2) is 65.7 Å². The van der Waals surface area contributed by atoms with Crippen LogP contribution < -0.4 is 10.6 Å². The molecule has 0 spiro atoms. The van der Waals surface area contributed by atoms with Crippen LogP contribution in [0.4, 0.5) is 4.79 Å². The van der Waals surface area contributed by atoms with Gasteiger partial charge < -0.3 is 20.1 Å². The third-order valence-electron chi connectivity index (χ3n) is 7.31. The SMILES string of the molecule is CCCC[C@H](NC(=O)[C@@H]1CCCN1C(=O)CN=CC[P+](O)(O)[C@@H](Cc1ccccc1)NC(=O)OCc1ccccc1)C(=O)O. The molecule has 0 aromatic heterocycles. The zero-order chi connectivity index (χ0) is 32.0. The van der Waals surface area contributed by atoms with E-state index in [0.717, 1.165) is 17.5 Å². The quantitative estimate of drug-likeness (QED) is 0.139. The fourth-order valence-electron chi connectivity index (χ4n) is 4.85. The molecule has 12 nitrogen and oxygen atoms in total. The van der Waals surface area contributed by atoms with Crippen LogP contribution in [0.3, 0.4) is 0 Å². The normalized spacial score (nSPS) is 16.3. The molecule has 13 heteroatoms. The highest BCUT2D eigenvalue weighted by atomic mass is 31.2. The summed E-state index contributed by atoms with van der Waals surface area (Å²) in [4.78, 5) is 77.5. The second-order valence-electron chi connectivity index (χ2n) is 10.7. The summed E-state index contributed by atoms with van der Waals surface area (Å²) in [6, 6.07) is 16.3. The average molecular weight is 630 g/mol. The molecule has 0 saturated carbocycles. The van der Waals surface area contributed by atoms with Crippen LogP contribution in [0.2, 0.25) is 0 Å². The number of hydrogen-bond acceptors (Lipinski definition) is 8. The number of nitrogens with zero attached hydrogens (tertiary/aromatic N) is 2. The largest absolute Gasteiger partial charge is 0.480 e. The van der Waals surface area contributed by atoms with Gasteiger partial charge in [-0.1, -0.05) is 80.4 Å². The number of carbonyl (C=O) groups excluding carboxylic acids is 3. The topological polar surface area (TPSA) is 178 Å². The van der Waals surface area contributed by atoms with Gasteiger partial charge in [0.1, 0.15) is 31.4 Å². The lowest BCUT2D eigenvalue weighted by atomic mass is 10.1. The molecule has 2 aromatic carbocycles. The number of nitrogens with one attached hydrogen (secondary N) is 2. The molecule has 0 unspecified atom stereocenters. The van der Waals surface area contributed by atoms with Crippen LogP contribution in [0.5, 0.6) is 0 Å². The lowest BCUT2D eigenvalue weighted by Gasteiger charge is -2.25. The number of carboxylic acids is 1. The minimum atomic E-state index is -3.82. The van der Waals surface area contributed by atoms with E-state index in [4.69, 9.17) is 4.74 Å². The van der Waals surface area contributed by atoms with Gasteiger partial charge in [0.25, 0.3) is 7.72 Å². The molecule has 0 radical (unpaired) electrons. The molecule has 0 aliphatic carbocycles. The Kier molecular flexibility index (Phi) is 13.7. The highest BCUT2D eigenvalue weighted by molar-refractivity contribution is 7.66. The lowest BCUT2D eigenvalue weighted by molar-refractivity contribution is -0.143. The summed E-state index contributed by atoms with van der Waals surface area (Å²) in [7, 11) is -3.82. The molecule has 3 amide bonds. The summed E-state index contributed by atoms with van der Waals surface area (Å²) >= 11 is 0. The molecule has 1 aliphatic heterocycles. The van der Waals surface area contributed by atoms with Gasteiger partial charge in [-0.15, -0.1) is 0 Å². The third-order valence-corrected chi connectivity index (χ3v) is 9.32. The van der Waals surface area contributed by atoms with Crippen molar-refractivity contribution in [3.05, 3.63) is 71.8 Å². The maximum Gasteiger partial charge on any atom is 0.410 e. The zero-order valence-corrected chi connectivity index (χ0v) is 25.8. The van der Waals surface area contributed by atoms with Crippen molar-refractivity contribution in [2.24, 2.45) is 4.99 Å². The van der Waals surface area contributed by atoms with Crippen LogP contribution in [-0.2, 0) is 32.1 Å². The van der Waals surface area contributed by atoms with Gasteiger partial charge >= 0.3 is 12.1 Å². The Morgan fingerprint density at radius 1 is 1.05 bits per heavy atom. The van der Waals surface area contributed by atoms with Gasteiger partial charge in [-0.2, -0.15) is 0 Å². The van der Waals surface area contributed by atoms with Crippen molar-refractivity contribution in [2.75, 3.05) is 19.3 Å². The van der Waals surface area contributed by atoms with Crippen molar-refractivity contribution in [1.29, 1.82) is 0 Å². The van der Waals surface area contributed by atoms with Gasteiger partial charge in [-0.05, 0) is 30.4 Å². The molecular weight excluding hydrogens is 587 g/mol. The molecule has 1 saturated heterocycles. The first-order chi connectivity index (χ1) is 21.1. The molecule has 3 atom stereocenters. The fourth-order valence-corrected chi connectivity index (χ4v) is 6.27.